The molecule has 0 aliphatic carbocycles. The summed E-state index contributed by atoms with van der Waals surface area (Å²) in [5.41, 5.74) is 4.38. The summed E-state index contributed by atoms with van der Waals surface area (Å²) in [6.45, 7) is 4.39. The first-order chi connectivity index (χ1) is 6.68. The fraction of sp³-hybridized carbons (Fsp3) is 1.00. The fourth-order valence-electron chi connectivity index (χ4n) is 1.82. The van der Waals surface area contributed by atoms with Crippen molar-refractivity contribution in [1.82, 2.24) is 0 Å². The number of alkyl halides is 1. The van der Waals surface area contributed by atoms with Gasteiger partial charge in [0.2, 0.25) is 0 Å². The number of halogens is 1. The summed E-state index contributed by atoms with van der Waals surface area (Å²) in [6.07, 6.45) is 8.07. The molecule has 0 saturated carbocycles. The highest BCUT2D eigenvalue weighted by atomic mass is 19.1. The maximum Gasteiger partial charge on any atom is 0.123 e. The topological polar surface area (TPSA) is 26.0 Å². The number of hydrogen-bond donors (Lipinski definition) is 1. The van der Waals surface area contributed by atoms with Crippen molar-refractivity contribution >= 4 is 0 Å². The van der Waals surface area contributed by atoms with Crippen molar-refractivity contribution in [2.45, 2.75) is 70.9 Å². The second-order valence-electron chi connectivity index (χ2n) is 4.27. The lowest BCUT2D eigenvalue weighted by atomic mass is 9.93. The number of rotatable bonds is 9. The van der Waals surface area contributed by atoms with Gasteiger partial charge in [-0.25, -0.2) is 4.39 Å². The predicted octanol–water partition coefficient (Wildman–Crippen LogP) is 3.81. The molecule has 1 atom stereocenters. The van der Waals surface area contributed by atoms with E-state index >= 15 is 0 Å². The average molecular weight is 203 g/mol. The molecule has 0 fully saturated rings. The Kier molecular flexibility index (Phi) is 8.15. The summed E-state index contributed by atoms with van der Waals surface area (Å²) in [7, 11) is 0. The maximum atomic E-state index is 13.9. The predicted molar refractivity (Wildman–Crippen MR) is 61.2 cm³/mol. The van der Waals surface area contributed by atoms with Gasteiger partial charge < -0.3 is 5.73 Å². The molecule has 0 saturated heterocycles. The summed E-state index contributed by atoms with van der Waals surface area (Å²) >= 11 is 0. The SMILES string of the molecule is CCCCCCCC(F)(CN)CCC. The van der Waals surface area contributed by atoms with Gasteiger partial charge in [0.15, 0.2) is 0 Å². The van der Waals surface area contributed by atoms with E-state index < -0.39 is 5.67 Å². The van der Waals surface area contributed by atoms with E-state index in [0.29, 0.717) is 12.8 Å². The van der Waals surface area contributed by atoms with E-state index in [1.165, 1.54) is 19.3 Å². The summed E-state index contributed by atoms with van der Waals surface area (Å²) in [6, 6.07) is 0. The molecule has 0 heterocycles. The lowest BCUT2D eigenvalue weighted by Gasteiger charge is -2.22. The third-order valence-corrected chi connectivity index (χ3v) is 2.79. The van der Waals surface area contributed by atoms with Crippen LogP contribution in [-0.2, 0) is 0 Å². The molecular weight excluding hydrogens is 177 g/mol. The minimum atomic E-state index is -1.08. The molecule has 0 spiro atoms. The molecule has 0 rings (SSSR count). The first-order valence-electron chi connectivity index (χ1n) is 6.07. The van der Waals surface area contributed by atoms with Gasteiger partial charge in [0.05, 0.1) is 0 Å². The number of hydrogen-bond acceptors (Lipinski definition) is 1. The fourth-order valence-corrected chi connectivity index (χ4v) is 1.82. The van der Waals surface area contributed by atoms with Crippen LogP contribution in [-0.4, -0.2) is 12.2 Å². The first-order valence-corrected chi connectivity index (χ1v) is 6.07. The zero-order valence-corrected chi connectivity index (χ0v) is 9.82. The first kappa shape index (κ1) is 13.9. The molecular formula is C12H26FN. The van der Waals surface area contributed by atoms with Crippen LogP contribution in [0.2, 0.25) is 0 Å². The van der Waals surface area contributed by atoms with Gasteiger partial charge in [0, 0.05) is 6.54 Å². The summed E-state index contributed by atoms with van der Waals surface area (Å²) in [4.78, 5) is 0. The average Bonchev–Trinajstić information content (AvgIpc) is 2.18. The summed E-state index contributed by atoms with van der Waals surface area (Å²) in [5, 5.41) is 0. The Balaban J connectivity index is 3.51. The summed E-state index contributed by atoms with van der Waals surface area (Å²) < 4.78 is 13.9. The van der Waals surface area contributed by atoms with Gasteiger partial charge in [-0.3, -0.25) is 0 Å². The van der Waals surface area contributed by atoms with Crippen LogP contribution < -0.4 is 5.73 Å². The Morgan fingerprint density at radius 3 is 2.07 bits per heavy atom. The van der Waals surface area contributed by atoms with Crippen LogP contribution in [0.3, 0.4) is 0 Å². The third kappa shape index (κ3) is 6.36. The van der Waals surface area contributed by atoms with E-state index in [1.54, 1.807) is 0 Å². The zero-order valence-electron chi connectivity index (χ0n) is 9.82. The van der Waals surface area contributed by atoms with Crippen molar-refractivity contribution < 1.29 is 4.39 Å². The van der Waals surface area contributed by atoms with Gasteiger partial charge in [-0.05, 0) is 12.8 Å². The maximum absolute atomic E-state index is 13.9. The lowest BCUT2D eigenvalue weighted by Crippen LogP contribution is -2.32. The lowest BCUT2D eigenvalue weighted by molar-refractivity contribution is 0.141. The number of nitrogens with two attached hydrogens (primary N) is 1. The van der Waals surface area contributed by atoms with Crippen LogP contribution in [0.5, 0.6) is 0 Å². The second-order valence-corrected chi connectivity index (χ2v) is 4.27. The Hall–Kier alpha value is -0.110. The van der Waals surface area contributed by atoms with Crippen molar-refractivity contribution in [2.75, 3.05) is 6.54 Å². The molecule has 0 aromatic rings. The molecule has 1 nitrogen and oxygen atoms in total. The molecule has 0 aromatic carbocycles. The smallest absolute Gasteiger partial charge is 0.123 e. The van der Waals surface area contributed by atoms with Crippen LogP contribution in [0, 0.1) is 0 Å². The van der Waals surface area contributed by atoms with Crippen molar-refractivity contribution in [2.24, 2.45) is 5.73 Å². The second kappa shape index (κ2) is 8.22. The minimum Gasteiger partial charge on any atom is -0.328 e. The van der Waals surface area contributed by atoms with Gasteiger partial charge in [-0.2, -0.15) is 0 Å². The van der Waals surface area contributed by atoms with Crippen LogP contribution in [0.4, 0.5) is 4.39 Å². The molecule has 0 radical (unpaired) electrons. The van der Waals surface area contributed by atoms with Gasteiger partial charge in [-0.15, -0.1) is 0 Å². The van der Waals surface area contributed by atoms with Gasteiger partial charge in [0.25, 0.3) is 0 Å². The van der Waals surface area contributed by atoms with E-state index in [1.807, 2.05) is 6.92 Å². The Morgan fingerprint density at radius 2 is 1.57 bits per heavy atom. The van der Waals surface area contributed by atoms with Crippen LogP contribution in [0.25, 0.3) is 0 Å². The third-order valence-electron chi connectivity index (χ3n) is 2.79. The van der Waals surface area contributed by atoms with E-state index in [0.717, 1.165) is 19.3 Å². The number of unbranched alkanes of at least 4 members (excludes halogenated alkanes) is 4. The standard InChI is InChI=1S/C12H26FN/c1-3-5-6-7-8-10-12(13,11-14)9-4-2/h3-11,14H2,1-2H3. The van der Waals surface area contributed by atoms with E-state index in [-0.39, 0.29) is 6.54 Å². The highest BCUT2D eigenvalue weighted by Crippen LogP contribution is 2.24. The van der Waals surface area contributed by atoms with Crippen LogP contribution in [0.15, 0.2) is 0 Å². The molecule has 14 heavy (non-hydrogen) atoms. The molecule has 0 aliphatic rings. The molecule has 0 aromatic heterocycles. The Bertz CT molecular complexity index is 127. The van der Waals surface area contributed by atoms with Crippen LogP contribution in [0.1, 0.15) is 65.2 Å². The van der Waals surface area contributed by atoms with Crippen LogP contribution >= 0.6 is 0 Å². The molecule has 0 amide bonds. The van der Waals surface area contributed by atoms with E-state index in [9.17, 15) is 4.39 Å². The quantitative estimate of drug-likeness (QED) is 0.566. The largest absolute Gasteiger partial charge is 0.328 e. The molecule has 86 valence electrons. The van der Waals surface area contributed by atoms with Crippen molar-refractivity contribution in [1.29, 1.82) is 0 Å². The zero-order chi connectivity index (χ0) is 10.9. The normalized spacial score (nSPS) is 15.4. The summed E-state index contributed by atoms with van der Waals surface area (Å²) in [5.74, 6) is 0. The minimum absolute atomic E-state index is 0.189. The van der Waals surface area contributed by atoms with Crippen molar-refractivity contribution in [3.8, 4) is 0 Å². The van der Waals surface area contributed by atoms with E-state index in [2.05, 4.69) is 6.92 Å². The van der Waals surface area contributed by atoms with Crippen molar-refractivity contribution in [3.63, 3.8) is 0 Å². The Labute approximate surface area is 88.3 Å². The Morgan fingerprint density at radius 1 is 0.929 bits per heavy atom. The van der Waals surface area contributed by atoms with Gasteiger partial charge in [-0.1, -0.05) is 52.4 Å². The molecule has 2 N–H and O–H groups in total. The van der Waals surface area contributed by atoms with Crippen molar-refractivity contribution in [3.05, 3.63) is 0 Å². The molecule has 2 heteroatoms. The molecule has 0 bridgehead atoms. The molecule has 1 unspecified atom stereocenters. The highest BCUT2D eigenvalue weighted by Gasteiger charge is 2.25. The highest BCUT2D eigenvalue weighted by molar-refractivity contribution is 4.79. The van der Waals surface area contributed by atoms with Gasteiger partial charge in [0.1, 0.15) is 5.67 Å². The van der Waals surface area contributed by atoms with E-state index in [4.69, 9.17) is 5.73 Å². The van der Waals surface area contributed by atoms with Gasteiger partial charge >= 0.3 is 0 Å². The monoisotopic (exact) mass is 203 g/mol. The molecule has 0 aliphatic heterocycles.